The number of nitro benzene ring substituents is 1. The van der Waals surface area contributed by atoms with E-state index in [0.29, 0.717) is 11.1 Å². The Morgan fingerprint density at radius 2 is 2.17 bits per heavy atom. The smallest absolute Gasteiger partial charge is 0.271 e. The van der Waals surface area contributed by atoms with Crippen LogP contribution in [0.2, 0.25) is 5.02 Å². The van der Waals surface area contributed by atoms with E-state index in [4.69, 9.17) is 11.6 Å². The number of nitrogens with one attached hydrogen (secondary N) is 1. The van der Waals surface area contributed by atoms with E-state index in [-0.39, 0.29) is 5.69 Å². The summed E-state index contributed by atoms with van der Waals surface area (Å²) >= 11 is 6.01. The molecule has 1 rings (SSSR count). The van der Waals surface area contributed by atoms with Crippen LogP contribution in [0.3, 0.4) is 0 Å². The van der Waals surface area contributed by atoms with Crippen LogP contribution in [-0.2, 0) is 0 Å². The molecule has 0 spiro atoms. The first-order chi connectivity index (χ1) is 8.54. The zero-order valence-corrected chi connectivity index (χ0v) is 11.5. The van der Waals surface area contributed by atoms with Gasteiger partial charge in [0.15, 0.2) is 0 Å². The first-order valence-corrected chi connectivity index (χ1v) is 6.63. The number of hydrogen-bond donors (Lipinski definition) is 1. The van der Waals surface area contributed by atoms with E-state index < -0.39 is 4.92 Å². The quantitative estimate of drug-likeness (QED) is 0.446. The molecule has 18 heavy (non-hydrogen) atoms. The van der Waals surface area contributed by atoms with Gasteiger partial charge in [-0.15, -0.1) is 0 Å². The summed E-state index contributed by atoms with van der Waals surface area (Å²) < 4.78 is 0. The second kappa shape index (κ2) is 7.21. The summed E-state index contributed by atoms with van der Waals surface area (Å²) in [7, 11) is 0. The Morgan fingerprint density at radius 3 is 2.72 bits per heavy atom. The minimum atomic E-state index is -0.444. The molecule has 0 aromatic heterocycles. The molecule has 0 saturated carbocycles. The van der Waals surface area contributed by atoms with Crippen LogP contribution >= 0.6 is 11.6 Å². The first kappa shape index (κ1) is 14.8. The fourth-order valence-electron chi connectivity index (χ4n) is 1.77. The monoisotopic (exact) mass is 270 g/mol. The highest BCUT2D eigenvalue weighted by Crippen LogP contribution is 2.27. The van der Waals surface area contributed by atoms with Crippen molar-refractivity contribution in [1.29, 1.82) is 0 Å². The van der Waals surface area contributed by atoms with Gasteiger partial charge in [0, 0.05) is 18.2 Å². The van der Waals surface area contributed by atoms with E-state index in [2.05, 4.69) is 19.2 Å². The van der Waals surface area contributed by atoms with Crippen molar-refractivity contribution in [2.45, 2.75) is 45.6 Å². The van der Waals surface area contributed by atoms with Gasteiger partial charge >= 0.3 is 0 Å². The van der Waals surface area contributed by atoms with Crippen molar-refractivity contribution in [2.24, 2.45) is 0 Å². The predicted octanol–water partition coefficient (Wildman–Crippen LogP) is 4.63. The number of hydrogen-bond acceptors (Lipinski definition) is 3. The van der Waals surface area contributed by atoms with Crippen molar-refractivity contribution in [1.82, 2.24) is 0 Å². The Hall–Kier alpha value is -1.29. The maximum Gasteiger partial charge on any atom is 0.271 e. The number of nitrogens with zero attached hydrogens (tertiary/aromatic N) is 1. The summed E-state index contributed by atoms with van der Waals surface area (Å²) in [4.78, 5) is 10.1. The highest BCUT2D eigenvalue weighted by molar-refractivity contribution is 6.33. The van der Waals surface area contributed by atoms with Gasteiger partial charge in [-0.05, 0) is 19.4 Å². The van der Waals surface area contributed by atoms with E-state index in [1.54, 1.807) is 6.07 Å². The van der Waals surface area contributed by atoms with Crippen molar-refractivity contribution in [3.8, 4) is 0 Å². The Bertz CT molecular complexity index is 410. The van der Waals surface area contributed by atoms with Crippen LogP contribution in [0.5, 0.6) is 0 Å². The van der Waals surface area contributed by atoms with Gasteiger partial charge in [-0.2, -0.15) is 0 Å². The minimum Gasteiger partial charge on any atom is -0.381 e. The molecular weight excluding hydrogens is 252 g/mol. The van der Waals surface area contributed by atoms with Gasteiger partial charge in [-0.3, -0.25) is 10.1 Å². The molecule has 0 bridgehead atoms. The van der Waals surface area contributed by atoms with Crippen LogP contribution in [0.25, 0.3) is 0 Å². The standard InChI is InChI=1S/C13H19ClN2O2/c1-3-4-5-6-10(2)15-13-8-7-11(16(17)18)9-12(13)14/h7-10,15H,3-6H2,1-2H3. The molecule has 0 aliphatic heterocycles. The van der Waals surface area contributed by atoms with Crippen molar-refractivity contribution in [2.75, 3.05) is 5.32 Å². The normalized spacial score (nSPS) is 12.2. The van der Waals surface area contributed by atoms with Crippen LogP contribution in [-0.4, -0.2) is 11.0 Å². The van der Waals surface area contributed by atoms with Crippen LogP contribution in [0, 0.1) is 10.1 Å². The Balaban J connectivity index is 2.59. The molecule has 0 radical (unpaired) electrons. The van der Waals surface area contributed by atoms with E-state index in [1.165, 1.54) is 31.4 Å². The molecule has 1 atom stereocenters. The largest absolute Gasteiger partial charge is 0.381 e. The Labute approximate surface area is 112 Å². The molecule has 0 fully saturated rings. The molecule has 0 saturated heterocycles. The molecule has 0 aliphatic carbocycles. The summed E-state index contributed by atoms with van der Waals surface area (Å²) in [6.45, 7) is 4.26. The molecule has 0 heterocycles. The molecule has 1 unspecified atom stereocenters. The summed E-state index contributed by atoms with van der Waals surface area (Å²) in [5.74, 6) is 0. The lowest BCUT2D eigenvalue weighted by molar-refractivity contribution is -0.384. The predicted molar refractivity (Wildman–Crippen MR) is 75.3 cm³/mol. The zero-order chi connectivity index (χ0) is 13.5. The van der Waals surface area contributed by atoms with E-state index in [1.807, 2.05) is 0 Å². The van der Waals surface area contributed by atoms with Crippen LogP contribution < -0.4 is 5.32 Å². The third kappa shape index (κ3) is 4.53. The molecule has 1 N–H and O–H groups in total. The number of rotatable bonds is 7. The lowest BCUT2D eigenvalue weighted by Crippen LogP contribution is -2.15. The summed E-state index contributed by atoms with van der Waals surface area (Å²) in [6.07, 6.45) is 4.67. The third-order valence-corrected chi connectivity index (χ3v) is 3.12. The fraction of sp³-hybridized carbons (Fsp3) is 0.538. The van der Waals surface area contributed by atoms with Gasteiger partial charge in [0.2, 0.25) is 0 Å². The van der Waals surface area contributed by atoms with E-state index in [9.17, 15) is 10.1 Å². The van der Waals surface area contributed by atoms with Crippen LogP contribution in [0.4, 0.5) is 11.4 Å². The van der Waals surface area contributed by atoms with Gasteiger partial charge in [0.1, 0.15) is 0 Å². The number of non-ortho nitro benzene ring substituents is 1. The lowest BCUT2D eigenvalue weighted by Gasteiger charge is -2.15. The van der Waals surface area contributed by atoms with Crippen molar-refractivity contribution < 1.29 is 4.92 Å². The topological polar surface area (TPSA) is 55.2 Å². The van der Waals surface area contributed by atoms with E-state index in [0.717, 1.165) is 12.1 Å². The number of nitro groups is 1. The lowest BCUT2D eigenvalue weighted by atomic mass is 10.1. The minimum absolute atomic E-state index is 0.0178. The van der Waals surface area contributed by atoms with E-state index >= 15 is 0 Å². The second-order valence-electron chi connectivity index (χ2n) is 4.46. The van der Waals surface area contributed by atoms with Gasteiger partial charge in [0.05, 0.1) is 15.6 Å². The summed E-state index contributed by atoms with van der Waals surface area (Å²) in [6, 6.07) is 4.82. The highest BCUT2D eigenvalue weighted by atomic mass is 35.5. The van der Waals surface area contributed by atoms with Crippen LogP contribution in [0.1, 0.15) is 39.5 Å². The molecule has 100 valence electrons. The maximum absolute atomic E-state index is 10.6. The highest BCUT2D eigenvalue weighted by Gasteiger charge is 2.10. The number of anilines is 1. The number of unbranched alkanes of at least 4 members (excludes halogenated alkanes) is 2. The maximum atomic E-state index is 10.6. The van der Waals surface area contributed by atoms with Crippen molar-refractivity contribution in [3.05, 3.63) is 33.3 Å². The van der Waals surface area contributed by atoms with Gasteiger partial charge in [0.25, 0.3) is 5.69 Å². The average molecular weight is 271 g/mol. The number of benzene rings is 1. The Kier molecular flexibility index (Phi) is 5.92. The summed E-state index contributed by atoms with van der Waals surface area (Å²) in [5, 5.41) is 14.3. The fourth-order valence-corrected chi connectivity index (χ4v) is 2.00. The van der Waals surface area contributed by atoms with Gasteiger partial charge in [-0.1, -0.05) is 37.8 Å². The molecular formula is C13H19ClN2O2. The number of halogens is 1. The first-order valence-electron chi connectivity index (χ1n) is 6.25. The Morgan fingerprint density at radius 1 is 1.44 bits per heavy atom. The molecule has 0 amide bonds. The zero-order valence-electron chi connectivity index (χ0n) is 10.8. The molecule has 5 heteroatoms. The second-order valence-corrected chi connectivity index (χ2v) is 4.87. The third-order valence-electron chi connectivity index (χ3n) is 2.81. The molecule has 1 aromatic rings. The SMILES string of the molecule is CCCCCC(C)Nc1ccc([N+](=O)[O-])cc1Cl. The molecule has 0 aliphatic rings. The van der Waals surface area contributed by atoms with Crippen LogP contribution in [0.15, 0.2) is 18.2 Å². The van der Waals surface area contributed by atoms with Crippen molar-refractivity contribution >= 4 is 23.0 Å². The van der Waals surface area contributed by atoms with Gasteiger partial charge in [-0.25, -0.2) is 0 Å². The van der Waals surface area contributed by atoms with Crippen molar-refractivity contribution in [3.63, 3.8) is 0 Å². The molecule has 1 aromatic carbocycles. The molecule has 4 nitrogen and oxygen atoms in total. The van der Waals surface area contributed by atoms with Gasteiger partial charge < -0.3 is 5.32 Å². The average Bonchev–Trinajstić information content (AvgIpc) is 2.32. The summed E-state index contributed by atoms with van der Waals surface area (Å²) in [5.41, 5.74) is 0.774.